The first-order chi connectivity index (χ1) is 22.8. The van der Waals surface area contributed by atoms with Gasteiger partial charge in [-0.15, -0.1) is 0 Å². The van der Waals surface area contributed by atoms with Gasteiger partial charge in [-0.05, 0) is 136 Å². The molecule has 6 atom stereocenters. The standard InChI is InChI=1S/C44H80O4/c1-9-11-15-33(3)27-35(5)29-43(7)23-19-37(20-24-43)31-47-41(45)39-17-13-14-18-40(39)42(46)48-32-38-21-25-44(8,26-22-38)30-36(6)28-34(4)16-12-10-2/h33-40H,9-32H2,1-8H3. The molecule has 0 aromatic heterocycles. The molecule has 48 heavy (non-hydrogen) atoms. The van der Waals surface area contributed by atoms with Crippen LogP contribution in [0.25, 0.3) is 0 Å². The van der Waals surface area contributed by atoms with Crippen LogP contribution in [-0.2, 0) is 19.1 Å². The van der Waals surface area contributed by atoms with Crippen molar-refractivity contribution in [2.24, 2.45) is 58.2 Å². The number of hydrogen-bond acceptors (Lipinski definition) is 4. The summed E-state index contributed by atoms with van der Waals surface area (Å²) in [6.45, 7) is 20.4. The first kappa shape index (κ1) is 41.4. The Balaban J connectivity index is 1.36. The Labute approximate surface area is 298 Å². The minimum Gasteiger partial charge on any atom is -0.465 e. The number of esters is 2. The highest BCUT2D eigenvalue weighted by Gasteiger charge is 2.40. The molecule has 3 saturated carbocycles. The summed E-state index contributed by atoms with van der Waals surface area (Å²) in [6, 6.07) is 0. The maximum Gasteiger partial charge on any atom is 0.309 e. The van der Waals surface area contributed by atoms with Crippen LogP contribution in [0.15, 0.2) is 0 Å². The van der Waals surface area contributed by atoms with E-state index in [0.29, 0.717) is 35.9 Å². The van der Waals surface area contributed by atoms with E-state index in [0.717, 1.165) is 75.0 Å². The Morgan fingerprint density at radius 1 is 0.583 bits per heavy atom. The van der Waals surface area contributed by atoms with Gasteiger partial charge in [0.1, 0.15) is 0 Å². The van der Waals surface area contributed by atoms with Crippen LogP contribution in [0, 0.1) is 58.2 Å². The molecule has 4 heteroatoms. The smallest absolute Gasteiger partial charge is 0.309 e. The molecule has 0 aromatic rings. The van der Waals surface area contributed by atoms with Gasteiger partial charge in [-0.3, -0.25) is 9.59 Å². The lowest BCUT2D eigenvalue weighted by Crippen LogP contribution is -2.37. The summed E-state index contributed by atoms with van der Waals surface area (Å²) in [5, 5.41) is 0. The minimum atomic E-state index is -0.327. The Morgan fingerprint density at radius 2 is 0.938 bits per heavy atom. The van der Waals surface area contributed by atoms with Crippen molar-refractivity contribution < 1.29 is 19.1 Å². The van der Waals surface area contributed by atoms with E-state index in [4.69, 9.17) is 9.47 Å². The summed E-state index contributed by atoms with van der Waals surface area (Å²) in [7, 11) is 0. The molecule has 3 rings (SSSR count). The molecule has 0 heterocycles. The molecule has 0 aromatic carbocycles. The van der Waals surface area contributed by atoms with Crippen molar-refractivity contribution in [3.8, 4) is 0 Å². The molecular formula is C44H80O4. The lowest BCUT2D eigenvalue weighted by Gasteiger charge is -2.40. The lowest BCUT2D eigenvalue weighted by molar-refractivity contribution is -0.165. The van der Waals surface area contributed by atoms with E-state index in [1.807, 2.05) is 0 Å². The molecule has 4 nitrogen and oxygen atoms in total. The van der Waals surface area contributed by atoms with E-state index in [9.17, 15) is 9.59 Å². The van der Waals surface area contributed by atoms with Crippen LogP contribution in [0.3, 0.4) is 0 Å². The van der Waals surface area contributed by atoms with Crippen LogP contribution >= 0.6 is 0 Å². The summed E-state index contributed by atoms with van der Waals surface area (Å²) in [5.41, 5.74) is 0.842. The molecule has 3 aliphatic rings. The monoisotopic (exact) mass is 673 g/mol. The molecule has 0 amide bonds. The van der Waals surface area contributed by atoms with Gasteiger partial charge in [-0.2, -0.15) is 0 Å². The van der Waals surface area contributed by atoms with E-state index in [1.165, 1.54) is 89.9 Å². The number of hydrogen-bond donors (Lipinski definition) is 0. The van der Waals surface area contributed by atoms with Crippen LogP contribution in [0.1, 0.15) is 197 Å². The second-order valence-corrected chi connectivity index (χ2v) is 18.9. The summed E-state index contributed by atoms with van der Waals surface area (Å²) in [4.78, 5) is 26.7. The van der Waals surface area contributed by atoms with Crippen molar-refractivity contribution in [1.82, 2.24) is 0 Å². The summed E-state index contributed by atoms with van der Waals surface area (Å²) in [6.07, 6.45) is 26.4. The predicted molar refractivity (Wildman–Crippen MR) is 202 cm³/mol. The predicted octanol–water partition coefficient (Wildman–Crippen LogP) is 12.8. The van der Waals surface area contributed by atoms with E-state index in [2.05, 4.69) is 55.4 Å². The number of unbranched alkanes of at least 4 members (excludes halogenated alkanes) is 2. The van der Waals surface area contributed by atoms with Gasteiger partial charge in [0.05, 0.1) is 25.0 Å². The van der Waals surface area contributed by atoms with Crippen LogP contribution in [0.4, 0.5) is 0 Å². The molecule has 280 valence electrons. The van der Waals surface area contributed by atoms with Gasteiger partial charge in [0.15, 0.2) is 0 Å². The summed E-state index contributed by atoms with van der Waals surface area (Å²) >= 11 is 0. The van der Waals surface area contributed by atoms with Crippen molar-refractivity contribution in [3.05, 3.63) is 0 Å². The molecule has 3 aliphatic carbocycles. The van der Waals surface area contributed by atoms with E-state index in [1.54, 1.807) is 0 Å². The minimum absolute atomic E-state index is 0.147. The van der Waals surface area contributed by atoms with Crippen LogP contribution < -0.4 is 0 Å². The van der Waals surface area contributed by atoms with Crippen LogP contribution in [0.5, 0.6) is 0 Å². The largest absolute Gasteiger partial charge is 0.465 e. The Morgan fingerprint density at radius 3 is 1.27 bits per heavy atom. The van der Waals surface area contributed by atoms with Crippen molar-refractivity contribution in [3.63, 3.8) is 0 Å². The highest BCUT2D eigenvalue weighted by atomic mass is 16.5. The SMILES string of the molecule is CCCCC(C)CC(C)CC1(C)CCC(COC(=O)C2CCCCC2C(=O)OCC2CCC(C)(CC(C)CC(C)CCCC)CC2)CC1. The third kappa shape index (κ3) is 14.3. The van der Waals surface area contributed by atoms with Crippen molar-refractivity contribution in [2.45, 2.75) is 197 Å². The first-order valence-electron chi connectivity index (χ1n) is 21.2. The highest BCUT2D eigenvalue weighted by Crippen LogP contribution is 2.46. The van der Waals surface area contributed by atoms with Gasteiger partial charge < -0.3 is 9.47 Å². The maximum absolute atomic E-state index is 13.4. The lowest BCUT2D eigenvalue weighted by atomic mass is 9.67. The third-order valence-corrected chi connectivity index (χ3v) is 13.3. The molecule has 3 fully saturated rings. The number of carbonyl (C=O) groups is 2. The second kappa shape index (κ2) is 20.7. The number of rotatable bonds is 20. The van der Waals surface area contributed by atoms with Crippen molar-refractivity contribution >= 4 is 11.9 Å². The quantitative estimate of drug-likeness (QED) is 0.121. The van der Waals surface area contributed by atoms with Gasteiger partial charge in [-0.25, -0.2) is 0 Å². The average molecular weight is 673 g/mol. The molecule has 0 bridgehead atoms. The zero-order valence-corrected chi connectivity index (χ0v) is 33.2. The number of carbonyl (C=O) groups excluding carboxylic acids is 2. The van der Waals surface area contributed by atoms with Crippen molar-refractivity contribution in [2.75, 3.05) is 13.2 Å². The molecule has 0 N–H and O–H groups in total. The third-order valence-electron chi connectivity index (χ3n) is 13.3. The molecule has 0 saturated heterocycles. The fourth-order valence-corrected chi connectivity index (χ4v) is 10.4. The number of ether oxygens (including phenoxy) is 2. The zero-order chi connectivity index (χ0) is 35.2. The Bertz CT molecular complexity index is 837. The fraction of sp³-hybridized carbons (Fsp3) is 0.955. The van der Waals surface area contributed by atoms with Crippen LogP contribution in [0.2, 0.25) is 0 Å². The average Bonchev–Trinajstić information content (AvgIpc) is 3.05. The topological polar surface area (TPSA) is 52.6 Å². The van der Waals surface area contributed by atoms with Gasteiger partial charge in [-0.1, -0.05) is 107 Å². The fourth-order valence-electron chi connectivity index (χ4n) is 10.4. The Hall–Kier alpha value is -1.06. The summed E-state index contributed by atoms with van der Waals surface area (Å²) in [5.74, 6) is 3.18. The van der Waals surface area contributed by atoms with Gasteiger partial charge in [0, 0.05) is 0 Å². The second-order valence-electron chi connectivity index (χ2n) is 18.9. The van der Waals surface area contributed by atoms with Gasteiger partial charge >= 0.3 is 11.9 Å². The van der Waals surface area contributed by atoms with Crippen LogP contribution in [-0.4, -0.2) is 25.2 Å². The van der Waals surface area contributed by atoms with E-state index in [-0.39, 0.29) is 23.8 Å². The summed E-state index contributed by atoms with van der Waals surface area (Å²) < 4.78 is 12.0. The molecule has 0 radical (unpaired) electrons. The highest BCUT2D eigenvalue weighted by molar-refractivity contribution is 5.82. The first-order valence-corrected chi connectivity index (χ1v) is 21.2. The van der Waals surface area contributed by atoms with Gasteiger partial charge in [0.2, 0.25) is 0 Å². The molecule has 0 spiro atoms. The normalized spacial score (nSPS) is 32.2. The van der Waals surface area contributed by atoms with E-state index >= 15 is 0 Å². The molecular weight excluding hydrogens is 592 g/mol. The van der Waals surface area contributed by atoms with E-state index < -0.39 is 0 Å². The zero-order valence-electron chi connectivity index (χ0n) is 33.2. The maximum atomic E-state index is 13.4. The molecule has 6 unspecified atom stereocenters. The Kier molecular flexibility index (Phi) is 17.8. The van der Waals surface area contributed by atoms with Crippen molar-refractivity contribution in [1.29, 1.82) is 0 Å². The van der Waals surface area contributed by atoms with Gasteiger partial charge in [0.25, 0.3) is 0 Å². The molecule has 0 aliphatic heterocycles.